The van der Waals surface area contributed by atoms with Crippen molar-refractivity contribution in [2.45, 2.75) is 9.72 Å². The zero-order valence-corrected chi connectivity index (χ0v) is 12.1. The van der Waals surface area contributed by atoms with Gasteiger partial charge in [0.2, 0.25) is 0 Å². The van der Waals surface area contributed by atoms with Crippen molar-refractivity contribution in [2.24, 2.45) is 0 Å². The molecule has 82 valence electrons. The third-order valence-corrected chi connectivity index (χ3v) is 4.43. The molecule has 0 fully saturated rings. The van der Waals surface area contributed by atoms with Gasteiger partial charge in [-0.25, -0.2) is 0 Å². The Kier molecular flexibility index (Phi) is 5.71. The number of hydrogen-bond donors (Lipinski definition) is 0. The highest BCUT2D eigenvalue weighted by atomic mass is 79.9. The average Bonchev–Trinajstić information content (AvgIpc) is 2.26. The monoisotopic (exact) mass is 352 g/mol. The molecule has 0 saturated heterocycles. The van der Waals surface area contributed by atoms with Gasteiger partial charge < -0.3 is 4.74 Å². The Balaban J connectivity index is 2.43. The van der Waals surface area contributed by atoms with Gasteiger partial charge in [-0.1, -0.05) is 31.9 Å². The minimum atomic E-state index is -0.254. The lowest BCUT2D eigenvalue weighted by Crippen LogP contribution is -2.17. The van der Waals surface area contributed by atoms with E-state index < -0.39 is 0 Å². The summed E-state index contributed by atoms with van der Waals surface area (Å²) in [6, 6.07) is 7.96. The van der Waals surface area contributed by atoms with E-state index in [0.717, 1.165) is 9.37 Å². The first-order valence-electron chi connectivity index (χ1n) is 4.23. The molecule has 0 spiro atoms. The van der Waals surface area contributed by atoms with Gasteiger partial charge in [0.25, 0.3) is 0 Å². The number of benzene rings is 1. The number of carbonyl (C=O) groups is 1. The number of thioether (sulfide) groups is 1. The van der Waals surface area contributed by atoms with Crippen LogP contribution in [0.15, 0.2) is 33.6 Å². The lowest BCUT2D eigenvalue weighted by molar-refractivity contribution is -0.139. The van der Waals surface area contributed by atoms with Crippen LogP contribution in [0.4, 0.5) is 0 Å². The van der Waals surface area contributed by atoms with Crippen molar-refractivity contribution in [3.8, 4) is 0 Å². The van der Waals surface area contributed by atoms with Crippen molar-refractivity contribution in [3.63, 3.8) is 0 Å². The van der Waals surface area contributed by atoms with Crippen molar-refractivity contribution in [3.05, 3.63) is 28.7 Å². The molecule has 1 aromatic rings. The highest BCUT2D eigenvalue weighted by Crippen LogP contribution is 2.23. The molecule has 1 atom stereocenters. The smallest absolute Gasteiger partial charge is 0.320 e. The summed E-state index contributed by atoms with van der Waals surface area (Å²) in [7, 11) is 1.39. The zero-order valence-electron chi connectivity index (χ0n) is 8.07. The summed E-state index contributed by atoms with van der Waals surface area (Å²) < 4.78 is 5.66. The number of hydrogen-bond acceptors (Lipinski definition) is 3. The van der Waals surface area contributed by atoms with E-state index in [2.05, 4.69) is 36.6 Å². The molecule has 0 aliphatic rings. The van der Waals surface area contributed by atoms with E-state index in [1.807, 2.05) is 24.3 Å². The molecule has 0 radical (unpaired) electrons. The Morgan fingerprint density at radius 2 is 2.07 bits per heavy atom. The summed E-state index contributed by atoms with van der Waals surface area (Å²) in [5.74, 6) is 0.425. The molecule has 1 aromatic carbocycles. The van der Waals surface area contributed by atoms with Crippen molar-refractivity contribution >= 4 is 49.6 Å². The van der Waals surface area contributed by atoms with Crippen molar-refractivity contribution < 1.29 is 9.53 Å². The number of halogens is 2. The highest BCUT2D eigenvalue weighted by molar-refractivity contribution is 9.10. The van der Waals surface area contributed by atoms with E-state index in [4.69, 9.17) is 0 Å². The molecule has 0 saturated carbocycles. The number of methoxy groups -OCH3 is 1. The normalized spacial score (nSPS) is 12.2. The Labute approximate surface area is 110 Å². The van der Waals surface area contributed by atoms with Crippen LogP contribution in [0.3, 0.4) is 0 Å². The molecule has 2 nitrogen and oxygen atoms in total. The van der Waals surface area contributed by atoms with Gasteiger partial charge in [0.1, 0.15) is 4.83 Å². The average molecular weight is 354 g/mol. The summed E-state index contributed by atoms with van der Waals surface area (Å²) in [6.07, 6.45) is 0. The zero-order chi connectivity index (χ0) is 11.3. The van der Waals surface area contributed by atoms with Crippen molar-refractivity contribution in [2.75, 3.05) is 12.9 Å². The molecular formula is C10H10Br2O2S. The third-order valence-electron chi connectivity index (χ3n) is 1.67. The van der Waals surface area contributed by atoms with E-state index in [1.54, 1.807) is 11.8 Å². The molecular weight excluding hydrogens is 344 g/mol. The number of ether oxygens (including phenoxy) is 1. The van der Waals surface area contributed by atoms with Gasteiger partial charge in [-0.2, -0.15) is 0 Å². The van der Waals surface area contributed by atoms with Gasteiger partial charge in [-0.05, 0) is 24.3 Å². The largest absolute Gasteiger partial charge is 0.468 e. The third kappa shape index (κ3) is 4.57. The maximum absolute atomic E-state index is 11.1. The van der Waals surface area contributed by atoms with Crippen LogP contribution in [-0.2, 0) is 9.53 Å². The van der Waals surface area contributed by atoms with Gasteiger partial charge in [-0.3, -0.25) is 4.79 Å². The fourth-order valence-electron chi connectivity index (χ4n) is 0.896. The second-order valence-electron chi connectivity index (χ2n) is 2.76. The Hall–Kier alpha value is -0.000000000000000111. The predicted octanol–water partition coefficient (Wildman–Crippen LogP) is 3.48. The van der Waals surface area contributed by atoms with Crippen LogP contribution >= 0.6 is 43.6 Å². The van der Waals surface area contributed by atoms with Crippen LogP contribution in [0.1, 0.15) is 0 Å². The topological polar surface area (TPSA) is 26.3 Å². The summed E-state index contributed by atoms with van der Waals surface area (Å²) in [4.78, 5) is 12.0. The van der Waals surface area contributed by atoms with E-state index in [9.17, 15) is 4.79 Å². The molecule has 0 heterocycles. The van der Waals surface area contributed by atoms with E-state index in [0.29, 0.717) is 5.75 Å². The standard InChI is InChI=1S/C10H10Br2O2S/c1-14-10(13)9(12)6-15-8-4-2-7(11)3-5-8/h2-5,9H,6H2,1H3. The quantitative estimate of drug-likeness (QED) is 0.471. The summed E-state index contributed by atoms with van der Waals surface area (Å²) in [6.45, 7) is 0. The van der Waals surface area contributed by atoms with E-state index in [1.165, 1.54) is 7.11 Å². The number of carbonyl (C=O) groups excluding carboxylic acids is 1. The summed E-state index contributed by atoms with van der Waals surface area (Å²) in [5, 5.41) is 0. The molecule has 1 unspecified atom stereocenters. The summed E-state index contributed by atoms with van der Waals surface area (Å²) >= 11 is 8.25. The molecule has 15 heavy (non-hydrogen) atoms. The lowest BCUT2D eigenvalue weighted by atomic mass is 10.4. The maximum atomic E-state index is 11.1. The van der Waals surface area contributed by atoms with E-state index >= 15 is 0 Å². The van der Waals surface area contributed by atoms with Crippen LogP contribution in [0.2, 0.25) is 0 Å². The Morgan fingerprint density at radius 3 is 2.60 bits per heavy atom. The van der Waals surface area contributed by atoms with Gasteiger partial charge in [-0.15, -0.1) is 11.8 Å². The number of rotatable bonds is 4. The first-order chi connectivity index (χ1) is 7.13. The molecule has 0 aromatic heterocycles. The predicted molar refractivity (Wildman–Crippen MR) is 69.6 cm³/mol. The van der Waals surface area contributed by atoms with E-state index in [-0.39, 0.29) is 10.8 Å². The van der Waals surface area contributed by atoms with Crippen LogP contribution in [0, 0.1) is 0 Å². The molecule has 0 aliphatic heterocycles. The first-order valence-corrected chi connectivity index (χ1v) is 6.93. The van der Waals surface area contributed by atoms with Gasteiger partial charge in [0, 0.05) is 15.1 Å². The fraction of sp³-hybridized carbons (Fsp3) is 0.300. The number of esters is 1. The van der Waals surface area contributed by atoms with Crippen LogP contribution in [-0.4, -0.2) is 23.7 Å². The minimum Gasteiger partial charge on any atom is -0.468 e. The molecule has 1 rings (SSSR count). The molecule has 0 bridgehead atoms. The van der Waals surface area contributed by atoms with Gasteiger partial charge in [0.05, 0.1) is 7.11 Å². The second-order valence-corrected chi connectivity index (χ2v) is 5.87. The van der Waals surface area contributed by atoms with Crippen LogP contribution in [0.25, 0.3) is 0 Å². The number of alkyl halides is 1. The second kappa shape index (κ2) is 6.55. The molecule has 0 amide bonds. The molecule has 0 aliphatic carbocycles. The highest BCUT2D eigenvalue weighted by Gasteiger charge is 2.14. The Bertz CT molecular complexity index is 327. The minimum absolute atomic E-state index is 0.236. The first kappa shape index (κ1) is 13.1. The van der Waals surface area contributed by atoms with Crippen LogP contribution in [0.5, 0.6) is 0 Å². The van der Waals surface area contributed by atoms with Gasteiger partial charge >= 0.3 is 5.97 Å². The van der Waals surface area contributed by atoms with Crippen molar-refractivity contribution in [1.82, 2.24) is 0 Å². The Morgan fingerprint density at radius 1 is 1.47 bits per heavy atom. The summed E-state index contributed by atoms with van der Waals surface area (Å²) in [5.41, 5.74) is 0. The molecule has 5 heteroatoms. The molecule has 0 N–H and O–H groups in total. The lowest BCUT2D eigenvalue weighted by Gasteiger charge is -2.06. The van der Waals surface area contributed by atoms with Crippen LogP contribution < -0.4 is 0 Å². The van der Waals surface area contributed by atoms with Crippen molar-refractivity contribution in [1.29, 1.82) is 0 Å². The maximum Gasteiger partial charge on any atom is 0.320 e. The SMILES string of the molecule is COC(=O)C(Br)CSc1ccc(Br)cc1. The van der Waals surface area contributed by atoms with Gasteiger partial charge in [0.15, 0.2) is 0 Å². The fourth-order valence-corrected chi connectivity index (χ4v) is 2.55.